The highest BCUT2D eigenvalue weighted by molar-refractivity contribution is 5.96. The average Bonchev–Trinajstić information content (AvgIpc) is 3.38. The minimum absolute atomic E-state index is 0.148. The Kier molecular flexibility index (Phi) is 7.31. The highest BCUT2D eigenvalue weighted by Gasteiger charge is 2.23. The van der Waals surface area contributed by atoms with Crippen molar-refractivity contribution in [3.05, 3.63) is 89.4 Å². The van der Waals surface area contributed by atoms with E-state index in [4.69, 9.17) is 5.26 Å². The van der Waals surface area contributed by atoms with E-state index in [2.05, 4.69) is 51.0 Å². The molecule has 172 valence electrons. The molecule has 0 fully saturated rings. The Morgan fingerprint density at radius 1 is 1.26 bits per heavy atom. The van der Waals surface area contributed by atoms with Gasteiger partial charge < -0.3 is 10.6 Å². The quantitative estimate of drug-likeness (QED) is 0.472. The molecule has 34 heavy (non-hydrogen) atoms. The lowest BCUT2D eigenvalue weighted by Crippen LogP contribution is -2.43. The van der Waals surface area contributed by atoms with Gasteiger partial charge in [-0.1, -0.05) is 31.2 Å². The molecule has 1 unspecified atom stereocenters. The van der Waals surface area contributed by atoms with Crippen molar-refractivity contribution < 1.29 is 4.79 Å². The summed E-state index contributed by atoms with van der Waals surface area (Å²) in [6.45, 7) is 4.78. The van der Waals surface area contributed by atoms with Crippen molar-refractivity contribution in [3.8, 4) is 17.2 Å². The third-order valence-electron chi connectivity index (χ3n) is 5.95. The number of rotatable bonds is 8. The first-order chi connectivity index (χ1) is 16.5. The van der Waals surface area contributed by atoms with E-state index in [1.54, 1.807) is 24.7 Å². The number of carbonyl (C=O) groups is 1. The molecule has 7 heteroatoms. The molecule has 1 aromatic carbocycles. The SMILES string of the molecule is Cc1cc(C#N)ccc1CCN[C@H](C(=O)Nc1ccc(-c2cn[nH]c2)cn1)C1=CC(C)CC=C1. The summed E-state index contributed by atoms with van der Waals surface area (Å²) >= 11 is 0. The maximum absolute atomic E-state index is 13.3. The number of allylic oxidation sites excluding steroid dienone is 2. The highest BCUT2D eigenvalue weighted by Crippen LogP contribution is 2.21. The molecule has 2 aromatic heterocycles. The molecule has 0 radical (unpaired) electrons. The Hall–Kier alpha value is -4.02. The molecule has 0 saturated heterocycles. The van der Waals surface area contributed by atoms with Crippen molar-refractivity contribution in [1.82, 2.24) is 20.5 Å². The van der Waals surface area contributed by atoms with Crippen molar-refractivity contribution in [2.75, 3.05) is 11.9 Å². The van der Waals surface area contributed by atoms with Gasteiger partial charge in [0.2, 0.25) is 5.91 Å². The summed E-state index contributed by atoms with van der Waals surface area (Å²) in [6.07, 6.45) is 13.3. The van der Waals surface area contributed by atoms with Crippen molar-refractivity contribution in [2.45, 2.75) is 32.7 Å². The first-order valence-corrected chi connectivity index (χ1v) is 11.4. The molecule has 0 spiro atoms. The summed E-state index contributed by atoms with van der Waals surface area (Å²) < 4.78 is 0. The van der Waals surface area contributed by atoms with Crippen LogP contribution in [0.2, 0.25) is 0 Å². The highest BCUT2D eigenvalue weighted by atomic mass is 16.2. The van der Waals surface area contributed by atoms with Crippen molar-refractivity contribution >= 4 is 11.7 Å². The van der Waals surface area contributed by atoms with E-state index in [1.807, 2.05) is 37.3 Å². The molecule has 0 aliphatic heterocycles. The molecule has 0 bridgehead atoms. The summed E-state index contributed by atoms with van der Waals surface area (Å²) in [6, 6.07) is 11.1. The van der Waals surface area contributed by atoms with Crippen LogP contribution in [0.3, 0.4) is 0 Å². The Morgan fingerprint density at radius 3 is 2.82 bits per heavy atom. The van der Waals surface area contributed by atoms with Gasteiger partial charge in [-0.2, -0.15) is 10.4 Å². The molecule has 2 atom stereocenters. The van der Waals surface area contributed by atoms with Crippen molar-refractivity contribution in [2.24, 2.45) is 5.92 Å². The van der Waals surface area contributed by atoms with Gasteiger partial charge in [-0.3, -0.25) is 9.89 Å². The number of aryl methyl sites for hydroxylation is 1. The zero-order chi connectivity index (χ0) is 23.9. The van der Waals surface area contributed by atoms with Crippen LogP contribution in [-0.4, -0.2) is 33.7 Å². The third-order valence-corrected chi connectivity index (χ3v) is 5.95. The second-order valence-corrected chi connectivity index (χ2v) is 8.58. The van der Waals surface area contributed by atoms with E-state index in [1.165, 1.54) is 0 Å². The zero-order valence-electron chi connectivity index (χ0n) is 19.4. The van der Waals surface area contributed by atoms with E-state index in [9.17, 15) is 4.79 Å². The van der Waals surface area contributed by atoms with Crippen LogP contribution >= 0.6 is 0 Å². The van der Waals surface area contributed by atoms with Gasteiger partial charge >= 0.3 is 0 Å². The van der Waals surface area contributed by atoms with Gasteiger partial charge in [0, 0.05) is 30.1 Å². The predicted octanol–water partition coefficient (Wildman–Crippen LogP) is 4.31. The van der Waals surface area contributed by atoms with Crippen LogP contribution in [0.25, 0.3) is 11.1 Å². The van der Waals surface area contributed by atoms with E-state index in [-0.39, 0.29) is 5.91 Å². The standard InChI is InChI=1S/C27H28N6O/c1-18-4-3-5-22(12-18)26(29-11-10-21-7-6-20(14-28)13-19(21)2)27(34)33-25-9-8-23(15-30-25)24-16-31-32-17-24/h3,5-9,12-13,15-18,26,29H,4,10-11H2,1-2H3,(H,31,32)(H,30,33,34)/t18?,26-/m0/s1. The second kappa shape index (κ2) is 10.7. The van der Waals surface area contributed by atoms with Crippen LogP contribution in [0, 0.1) is 24.2 Å². The molecule has 2 heterocycles. The number of pyridine rings is 1. The Labute approximate surface area is 199 Å². The maximum atomic E-state index is 13.3. The third kappa shape index (κ3) is 5.66. The van der Waals surface area contributed by atoms with Gasteiger partial charge in [-0.15, -0.1) is 0 Å². The first-order valence-electron chi connectivity index (χ1n) is 11.4. The lowest BCUT2D eigenvalue weighted by molar-refractivity contribution is -0.117. The number of nitriles is 1. The van der Waals surface area contributed by atoms with Gasteiger partial charge in [-0.25, -0.2) is 4.98 Å². The minimum atomic E-state index is -0.493. The van der Waals surface area contributed by atoms with Crippen LogP contribution in [0.1, 0.15) is 30.0 Å². The fourth-order valence-electron chi connectivity index (χ4n) is 4.07. The van der Waals surface area contributed by atoms with E-state index >= 15 is 0 Å². The number of amides is 1. The lowest BCUT2D eigenvalue weighted by Gasteiger charge is -2.23. The van der Waals surface area contributed by atoms with Crippen molar-refractivity contribution in [3.63, 3.8) is 0 Å². The zero-order valence-corrected chi connectivity index (χ0v) is 19.4. The van der Waals surface area contributed by atoms with E-state index in [0.29, 0.717) is 23.8 Å². The molecule has 7 nitrogen and oxygen atoms in total. The summed E-state index contributed by atoms with van der Waals surface area (Å²) in [5, 5.41) is 22.2. The van der Waals surface area contributed by atoms with Gasteiger partial charge in [0.1, 0.15) is 11.9 Å². The summed E-state index contributed by atoms with van der Waals surface area (Å²) in [5.74, 6) is 0.732. The number of hydrogen-bond acceptors (Lipinski definition) is 5. The molecule has 1 aliphatic carbocycles. The average molecular weight is 453 g/mol. The summed E-state index contributed by atoms with van der Waals surface area (Å²) in [4.78, 5) is 17.7. The topological polar surface area (TPSA) is 106 Å². The number of H-pyrrole nitrogens is 1. The van der Waals surface area contributed by atoms with Crippen LogP contribution in [0.15, 0.2) is 72.7 Å². The summed E-state index contributed by atoms with van der Waals surface area (Å²) in [7, 11) is 0. The Balaban J connectivity index is 1.45. The lowest BCUT2D eigenvalue weighted by atomic mass is 9.93. The Morgan fingerprint density at radius 2 is 2.15 bits per heavy atom. The number of nitrogens with one attached hydrogen (secondary N) is 3. The number of carbonyl (C=O) groups excluding carboxylic acids is 1. The molecular weight excluding hydrogens is 424 g/mol. The number of anilines is 1. The second-order valence-electron chi connectivity index (χ2n) is 8.58. The van der Waals surface area contributed by atoms with E-state index < -0.39 is 6.04 Å². The molecular formula is C27H28N6O. The number of aromatic amines is 1. The molecule has 3 N–H and O–H groups in total. The monoisotopic (exact) mass is 452 g/mol. The van der Waals surface area contributed by atoms with Gasteiger partial charge in [-0.05, 0) is 66.6 Å². The predicted molar refractivity (Wildman–Crippen MR) is 133 cm³/mol. The molecule has 0 saturated carbocycles. The molecule has 1 aliphatic rings. The number of aromatic nitrogens is 3. The smallest absolute Gasteiger partial charge is 0.247 e. The van der Waals surface area contributed by atoms with E-state index in [0.717, 1.165) is 40.7 Å². The fourth-order valence-corrected chi connectivity index (χ4v) is 4.07. The summed E-state index contributed by atoms with van der Waals surface area (Å²) in [5.41, 5.74) is 5.71. The number of hydrogen-bond donors (Lipinski definition) is 3. The van der Waals surface area contributed by atoms with Crippen LogP contribution in [0.5, 0.6) is 0 Å². The van der Waals surface area contributed by atoms with Crippen LogP contribution < -0.4 is 10.6 Å². The Bertz CT molecular complexity index is 1240. The van der Waals surface area contributed by atoms with Crippen LogP contribution in [0.4, 0.5) is 5.82 Å². The van der Waals surface area contributed by atoms with Gasteiger partial charge in [0.05, 0.1) is 17.8 Å². The number of benzene rings is 1. The number of nitrogens with zero attached hydrogens (tertiary/aromatic N) is 3. The molecule has 4 rings (SSSR count). The van der Waals surface area contributed by atoms with Crippen LogP contribution in [-0.2, 0) is 11.2 Å². The van der Waals surface area contributed by atoms with Gasteiger partial charge in [0.25, 0.3) is 0 Å². The normalized spacial score (nSPS) is 15.9. The molecule has 1 amide bonds. The first kappa shape index (κ1) is 23.1. The van der Waals surface area contributed by atoms with Gasteiger partial charge in [0.15, 0.2) is 0 Å². The fraction of sp³-hybridized carbons (Fsp3) is 0.259. The molecule has 3 aromatic rings. The maximum Gasteiger partial charge on any atom is 0.247 e. The minimum Gasteiger partial charge on any atom is -0.309 e. The largest absolute Gasteiger partial charge is 0.309 e. The van der Waals surface area contributed by atoms with Crippen molar-refractivity contribution in [1.29, 1.82) is 5.26 Å².